The van der Waals surface area contributed by atoms with E-state index in [2.05, 4.69) is 15.6 Å². The fourth-order valence-electron chi connectivity index (χ4n) is 2.18. The number of nitrogens with zero attached hydrogens (tertiary/aromatic N) is 3. The van der Waals surface area contributed by atoms with E-state index in [1.807, 2.05) is 31.2 Å². The van der Waals surface area contributed by atoms with Crippen LogP contribution < -0.4 is 11.1 Å². The van der Waals surface area contributed by atoms with Crippen molar-refractivity contribution >= 4 is 5.91 Å². The van der Waals surface area contributed by atoms with E-state index in [1.54, 1.807) is 10.9 Å². The van der Waals surface area contributed by atoms with Crippen molar-refractivity contribution in [2.45, 2.75) is 25.8 Å². The molecule has 1 saturated carbocycles. The van der Waals surface area contributed by atoms with Crippen molar-refractivity contribution in [2.24, 2.45) is 11.7 Å². The molecule has 3 N–H and O–H groups in total. The average Bonchev–Trinajstić information content (AvgIpc) is 3.23. The second kappa shape index (κ2) is 5.65. The molecule has 3 rings (SSSR count). The number of carbonyl (C=O) groups is 1. The van der Waals surface area contributed by atoms with Crippen LogP contribution in [0.15, 0.2) is 30.5 Å². The predicted octanol–water partition coefficient (Wildman–Crippen LogP) is 1.04. The van der Waals surface area contributed by atoms with E-state index in [0.717, 1.165) is 5.69 Å². The SMILES string of the molecule is Cc1ccc(-n2cc(C(=O)NCC(N)C3CC3)nn2)cc1. The normalized spacial score (nSPS) is 15.7. The van der Waals surface area contributed by atoms with Gasteiger partial charge in [0.05, 0.1) is 11.9 Å². The van der Waals surface area contributed by atoms with Crippen molar-refractivity contribution in [3.63, 3.8) is 0 Å². The first-order valence-electron chi connectivity index (χ1n) is 7.16. The fraction of sp³-hybridized carbons (Fsp3) is 0.400. The zero-order valence-electron chi connectivity index (χ0n) is 12.0. The maximum Gasteiger partial charge on any atom is 0.273 e. The van der Waals surface area contributed by atoms with Gasteiger partial charge in [0.2, 0.25) is 0 Å². The van der Waals surface area contributed by atoms with Crippen molar-refractivity contribution in [3.8, 4) is 5.69 Å². The molecule has 1 aromatic heterocycles. The highest BCUT2D eigenvalue weighted by Crippen LogP contribution is 2.31. The standard InChI is InChI=1S/C15H19N5O/c1-10-2-6-12(7-3-10)20-9-14(18-19-20)15(21)17-8-13(16)11-4-5-11/h2-3,6-7,9,11,13H,4-5,8,16H2,1H3,(H,17,21). The largest absolute Gasteiger partial charge is 0.349 e. The highest BCUT2D eigenvalue weighted by Gasteiger charge is 2.28. The molecule has 6 nitrogen and oxygen atoms in total. The molecule has 0 bridgehead atoms. The van der Waals surface area contributed by atoms with Crippen molar-refractivity contribution in [1.82, 2.24) is 20.3 Å². The van der Waals surface area contributed by atoms with Gasteiger partial charge in [0.1, 0.15) is 0 Å². The first-order chi connectivity index (χ1) is 10.1. The van der Waals surface area contributed by atoms with E-state index in [-0.39, 0.29) is 11.9 Å². The number of carbonyl (C=O) groups excluding carboxylic acids is 1. The Morgan fingerprint density at radius 2 is 2.14 bits per heavy atom. The zero-order chi connectivity index (χ0) is 14.8. The van der Waals surface area contributed by atoms with E-state index in [0.29, 0.717) is 18.2 Å². The van der Waals surface area contributed by atoms with Gasteiger partial charge in [-0.25, -0.2) is 4.68 Å². The molecule has 1 amide bonds. The number of aryl methyl sites for hydroxylation is 1. The molecule has 110 valence electrons. The zero-order valence-corrected chi connectivity index (χ0v) is 12.0. The molecule has 1 aliphatic carbocycles. The molecule has 2 aromatic rings. The molecule has 1 unspecified atom stereocenters. The summed E-state index contributed by atoms with van der Waals surface area (Å²) < 4.78 is 1.59. The molecule has 1 atom stereocenters. The van der Waals surface area contributed by atoms with Crippen molar-refractivity contribution in [2.75, 3.05) is 6.54 Å². The summed E-state index contributed by atoms with van der Waals surface area (Å²) in [4.78, 5) is 12.0. The number of nitrogens with two attached hydrogens (primary N) is 1. The van der Waals surface area contributed by atoms with Gasteiger partial charge < -0.3 is 11.1 Å². The molecule has 0 radical (unpaired) electrons. The molecule has 21 heavy (non-hydrogen) atoms. The highest BCUT2D eigenvalue weighted by molar-refractivity contribution is 5.91. The summed E-state index contributed by atoms with van der Waals surface area (Å²) in [7, 11) is 0. The monoisotopic (exact) mass is 285 g/mol. The average molecular weight is 285 g/mol. The second-order valence-corrected chi connectivity index (χ2v) is 5.60. The Labute approximate surface area is 123 Å². The Bertz CT molecular complexity index is 630. The van der Waals surface area contributed by atoms with Crippen molar-refractivity contribution in [1.29, 1.82) is 0 Å². The molecule has 0 spiro atoms. The van der Waals surface area contributed by atoms with Crippen LogP contribution in [-0.2, 0) is 0 Å². The molecule has 0 saturated heterocycles. The van der Waals surface area contributed by atoms with Crippen LogP contribution in [0, 0.1) is 12.8 Å². The lowest BCUT2D eigenvalue weighted by molar-refractivity contribution is 0.0945. The van der Waals surface area contributed by atoms with Gasteiger partial charge in [-0.1, -0.05) is 22.9 Å². The molecule has 0 aliphatic heterocycles. The van der Waals surface area contributed by atoms with Gasteiger partial charge in [0, 0.05) is 12.6 Å². The first kappa shape index (κ1) is 13.8. The van der Waals surface area contributed by atoms with E-state index in [9.17, 15) is 4.79 Å². The van der Waals surface area contributed by atoms with E-state index in [1.165, 1.54) is 18.4 Å². The van der Waals surface area contributed by atoms with Gasteiger partial charge in [0.25, 0.3) is 5.91 Å². The van der Waals surface area contributed by atoms with E-state index < -0.39 is 0 Å². The van der Waals surface area contributed by atoms with Crippen LogP contribution in [0.3, 0.4) is 0 Å². The van der Waals surface area contributed by atoms with Gasteiger partial charge in [0.15, 0.2) is 5.69 Å². The van der Waals surface area contributed by atoms with Crippen molar-refractivity contribution in [3.05, 3.63) is 41.7 Å². The van der Waals surface area contributed by atoms with Gasteiger partial charge in [-0.15, -0.1) is 5.10 Å². The number of rotatable bonds is 5. The number of amides is 1. The Morgan fingerprint density at radius 3 is 2.81 bits per heavy atom. The summed E-state index contributed by atoms with van der Waals surface area (Å²) in [6.07, 6.45) is 3.96. The quantitative estimate of drug-likeness (QED) is 0.859. The summed E-state index contributed by atoms with van der Waals surface area (Å²) in [5.41, 5.74) is 8.31. The van der Waals surface area contributed by atoms with Crippen molar-refractivity contribution < 1.29 is 4.79 Å². The van der Waals surface area contributed by atoms with Gasteiger partial charge in [-0.2, -0.15) is 0 Å². The fourth-order valence-corrected chi connectivity index (χ4v) is 2.18. The highest BCUT2D eigenvalue weighted by atomic mass is 16.2. The lowest BCUT2D eigenvalue weighted by Gasteiger charge is -2.10. The number of aromatic nitrogens is 3. The number of nitrogens with one attached hydrogen (secondary N) is 1. The predicted molar refractivity (Wildman–Crippen MR) is 79.1 cm³/mol. The molecular formula is C15H19N5O. The molecular weight excluding hydrogens is 266 g/mol. The van der Waals surface area contributed by atoms with E-state index >= 15 is 0 Å². The van der Waals surface area contributed by atoms with Crippen LogP contribution in [0.4, 0.5) is 0 Å². The summed E-state index contributed by atoms with van der Waals surface area (Å²) in [6, 6.07) is 7.90. The number of hydrogen-bond acceptors (Lipinski definition) is 4. The summed E-state index contributed by atoms with van der Waals surface area (Å²) in [6.45, 7) is 2.51. The minimum absolute atomic E-state index is 0.0427. The van der Waals surface area contributed by atoms with Gasteiger partial charge >= 0.3 is 0 Å². The summed E-state index contributed by atoms with van der Waals surface area (Å²) >= 11 is 0. The molecule has 1 aromatic carbocycles. The number of hydrogen-bond donors (Lipinski definition) is 2. The lowest BCUT2D eigenvalue weighted by atomic mass is 10.2. The minimum atomic E-state index is -0.232. The van der Waals surface area contributed by atoms with Crippen LogP contribution in [0.2, 0.25) is 0 Å². The minimum Gasteiger partial charge on any atom is -0.349 e. The Morgan fingerprint density at radius 1 is 1.43 bits per heavy atom. The topological polar surface area (TPSA) is 85.8 Å². The summed E-state index contributed by atoms with van der Waals surface area (Å²) in [5, 5.41) is 10.7. The molecule has 1 fully saturated rings. The van der Waals surface area contributed by atoms with E-state index in [4.69, 9.17) is 5.73 Å². The summed E-state index contributed by atoms with van der Waals surface area (Å²) in [5.74, 6) is 0.331. The smallest absolute Gasteiger partial charge is 0.273 e. The van der Waals surface area contributed by atoms with Crippen LogP contribution in [-0.4, -0.2) is 33.5 Å². The van der Waals surface area contributed by atoms with Crippen LogP contribution in [0.25, 0.3) is 5.69 Å². The first-order valence-corrected chi connectivity index (χ1v) is 7.16. The Balaban J connectivity index is 1.63. The van der Waals surface area contributed by atoms with Gasteiger partial charge in [-0.3, -0.25) is 4.79 Å². The van der Waals surface area contributed by atoms with Gasteiger partial charge in [-0.05, 0) is 37.8 Å². The maximum absolute atomic E-state index is 12.0. The molecule has 1 aliphatic rings. The second-order valence-electron chi connectivity index (χ2n) is 5.60. The van der Waals surface area contributed by atoms with Crippen LogP contribution >= 0.6 is 0 Å². The Hall–Kier alpha value is -2.21. The third-order valence-corrected chi connectivity index (χ3v) is 3.75. The van der Waals surface area contributed by atoms with Crippen LogP contribution in [0.1, 0.15) is 28.9 Å². The molecule has 1 heterocycles. The lowest BCUT2D eigenvalue weighted by Crippen LogP contribution is -2.38. The Kier molecular flexibility index (Phi) is 3.70. The molecule has 6 heteroatoms. The number of benzene rings is 1. The van der Waals surface area contributed by atoms with Crippen LogP contribution in [0.5, 0.6) is 0 Å². The third kappa shape index (κ3) is 3.28. The third-order valence-electron chi connectivity index (χ3n) is 3.75. The maximum atomic E-state index is 12.0.